The van der Waals surface area contributed by atoms with Crippen molar-refractivity contribution in [2.75, 3.05) is 7.11 Å². The molecule has 2 aromatic rings. The zero-order chi connectivity index (χ0) is 16.2. The number of ether oxygens (including phenoxy) is 1. The van der Waals surface area contributed by atoms with Crippen LogP contribution in [0.3, 0.4) is 0 Å². The van der Waals surface area contributed by atoms with Crippen molar-refractivity contribution < 1.29 is 22.7 Å². The molecule has 0 aliphatic carbocycles. The lowest BCUT2D eigenvalue weighted by molar-refractivity contribution is -0.137. The molecular weight excluding hydrogens is 297 g/mol. The number of rotatable bonds is 4. The second kappa shape index (κ2) is 6.46. The average Bonchev–Trinajstić information content (AvgIpc) is 2.52. The minimum Gasteiger partial charge on any atom is -0.481 e. The van der Waals surface area contributed by atoms with Crippen molar-refractivity contribution in [3.63, 3.8) is 0 Å². The molecule has 4 nitrogen and oxygen atoms in total. The van der Waals surface area contributed by atoms with Gasteiger partial charge in [-0.1, -0.05) is 12.1 Å². The second-order valence-electron chi connectivity index (χ2n) is 4.47. The topological polar surface area (TPSA) is 51.2 Å². The molecule has 0 bridgehead atoms. The molecule has 22 heavy (non-hydrogen) atoms. The van der Waals surface area contributed by atoms with Gasteiger partial charge in [0.1, 0.15) is 0 Å². The number of carbonyl (C=O) groups is 1. The molecule has 1 aromatic carbocycles. The van der Waals surface area contributed by atoms with Gasteiger partial charge in [-0.25, -0.2) is 4.98 Å². The summed E-state index contributed by atoms with van der Waals surface area (Å²) in [5.41, 5.74) is -0.0808. The number of pyridine rings is 1. The number of benzene rings is 1. The van der Waals surface area contributed by atoms with Crippen molar-refractivity contribution in [3.8, 4) is 5.88 Å². The van der Waals surface area contributed by atoms with E-state index in [2.05, 4.69) is 10.3 Å². The summed E-state index contributed by atoms with van der Waals surface area (Å²) in [6.45, 7) is -0.00518. The number of halogens is 3. The van der Waals surface area contributed by atoms with E-state index in [1.807, 2.05) is 0 Å². The third-order valence-corrected chi connectivity index (χ3v) is 2.92. The highest BCUT2D eigenvalue weighted by Gasteiger charge is 2.30. The molecule has 1 amide bonds. The Hall–Kier alpha value is -2.57. The predicted molar refractivity (Wildman–Crippen MR) is 73.4 cm³/mol. The monoisotopic (exact) mass is 310 g/mol. The molecule has 1 aromatic heterocycles. The number of aromatic nitrogens is 1. The van der Waals surface area contributed by atoms with Crippen LogP contribution in [0.15, 0.2) is 42.6 Å². The van der Waals surface area contributed by atoms with Crippen LogP contribution in [0.25, 0.3) is 0 Å². The van der Waals surface area contributed by atoms with Gasteiger partial charge < -0.3 is 10.1 Å². The molecule has 0 aliphatic heterocycles. The number of methoxy groups -OCH3 is 1. The molecule has 0 fully saturated rings. The van der Waals surface area contributed by atoms with Crippen molar-refractivity contribution in [1.29, 1.82) is 0 Å². The Labute approximate surface area is 124 Å². The van der Waals surface area contributed by atoms with Crippen LogP contribution in [0, 0.1) is 0 Å². The van der Waals surface area contributed by atoms with E-state index in [-0.39, 0.29) is 6.54 Å². The van der Waals surface area contributed by atoms with E-state index in [0.717, 1.165) is 12.1 Å². The number of alkyl halides is 3. The maximum absolute atomic E-state index is 12.6. The minimum atomic E-state index is -4.40. The van der Waals surface area contributed by atoms with Crippen LogP contribution in [0.5, 0.6) is 5.88 Å². The summed E-state index contributed by atoms with van der Waals surface area (Å²) < 4.78 is 42.7. The van der Waals surface area contributed by atoms with Gasteiger partial charge in [-0.3, -0.25) is 4.79 Å². The van der Waals surface area contributed by atoms with Gasteiger partial charge in [-0.05, 0) is 23.8 Å². The molecule has 2 rings (SSSR count). The summed E-state index contributed by atoms with van der Waals surface area (Å²) in [6.07, 6.45) is -3.07. The standard InChI is InChI=1S/C15H13F3N2O2/c1-22-13-6-5-11(9-19-13)14(21)20-8-10-3-2-4-12(7-10)15(16,17)18/h2-7,9H,8H2,1H3,(H,20,21). The van der Waals surface area contributed by atoms with E-state index in [4.69, 9.17) is 4.74 Å². The van der Waals surface area contributed by atoms with E-state index in [1.54, 1.807) is 0 Å². The molecule has 7 heteroatoms. The Kier molecular flexibility index (Phi) is 4.65. The number of carbonyl (C=O) groups excluding carboxylic acids is 1. The highest BCUT2D eigenvalue weighted by atomic mass is 19.4. The third-order valence-electron chi connectivity index (χ3n) is 2.92. The highest BCUT2D eigenvalue weighted by Crippen LogP contribution is 2.29. The highest BCUT2D eigenvalue weighted by molar-refractivity contribution is 5.93. The van der Waals surface area contributed by atoms with Crippen LogP contribution in [-0.2, 0) is 12.7 Å². The van der Waals surface area contributed by atoms with Crippen LogP contribution in [-0.4, -0.2) is 18.0 Å². The summed E-state index contributed by atoms with van der Waals surface area (Å²) >= 11 is 0. The summed E-state index contributed by atoms with van der Waals surface area (Å²) in [6, 6.07) is 7.86. The first-order chi connectivity index (χ1) is 10.4. The Morgan fingerprint density at radius 2 is 2.05 bits per heavy atom. The number of nitrogens with zero attached hydrogens (tertiary/aromatic N) is 1. The Balaban J connectivity index is 2.01. The van der Waals surface area contributed by atoms with Gasteiger partial charge in [0.15, 0.2) is 0 Å². The van der Waals surface area contributed by atoms with Crippen LogP contribution >= 0.6 is 0 Å². The molecule has 0 saturated heterocycles. The maximum Gasteiger partial charge on any atom is 0.416 e. The fraction of sp³-hybridized carbons (Fsp3) is 0.200. The quantitative estimate of drug-likeness (QED) is 0.944. The van der Waals surface area contributed by atoms with E-state index < -0.39 is 17.6 Å². The van der Waals surface area contributed by atoms with E-state index in [1.165, 1.54) is 37.6 Å². The minimum absolute atomic E-state index is 0.00518. The molecule has 1 N–H and O–H groups in total. The van der Waals surface area contributed by atoms with Gasteiger partial charge in [0, 0.05) is 18.8 Å². The van der Waals surface area contributed by atoms with E-state index in [9.17, 15) is 18.0 Å². The number of amides is 1. The van der Waals surface area contributed by atoms with Gasteiger partial charge in [0.2, 0.25) is 5.88 Å². The van der Waals surface area contributed by atoms with Crippen molar-refractivity contribution in [1.82, 2.24) is 10.3 Å². The average molecular weight is 310 g/mol. The van der Waals surface area contributed by atoms with Crippen LogP contribution in [0.4, 0.5) is 13.2 Å². The zero-order valence-electron chi connectivity index (χ0n) is 11.6. The normalized spacial score (nSPS) is 11.1. The lowest BCUT2D eigenvalue weighted by atomic mass is 10.1. The SMILES string of the molecule is COc1ccc(C(=O)NCc2cccc(C(F)(F)F)c2)cn1. The first kappa shape index (κ1) is 15.8. The molecule has 116 valence electrons. The van der Waals surface area contributed by atoms with E-state index in [0.29, 0.717) is 17.0 Å². The third kappa shape index (κ3) is 3.97. The number of nitrogens with one attached hydrogen (secondary N) is 1. The Bertz CT molecular complexity index is 655. The van der Waals surface area contributed by atoms with Gasteiger partial charge in [0.25, 0.3) is 5.91 Å². The van der Waals surface area contributed by atoms with Crippen LogP contribution in [0.2, 0.25) is 0 Å². The Morgan fingerprint density at radius 3 is 2.64 bits per heavy atom. The van der Waals surface area contributed by atoms with Crippen molar-refractivity contribution in [3.05, 3.63) is 59.3 Å². The fourth-order valence-electron chi connectivity index (χ4n) is 1.78. The zero-order valence-corrected chi connectivity index (χ0v) is 11.6. The molecule has 0 radical (unpaired) electrons. The molecule has 0 unspecified atom stereocenters. The summed E-state index contributed by atoms with van der Waals surface area (Å²) in [4.78, 5) is 15.8. The van der Waals surface area contributed by atoms with Gasteiger partial charge >= 0.3 is 6.18 Å². The lowest BCUT2D eigenvalue weighted by Gasteiger charge is -2.09. The van der Waals surface area contributed by atoms with Crippen molar-refractivity contribution >= 4 is 5.91 Å². The summed E-state index contributed by atoms with van der Waals surface area (Å²) in [5, 5.41) is 2.54. The number of hydrogen-bond acceptors (Lipinski definition) is 3. The number of hydrogen-bond donors (Lipinski definition) is 1. The summed E-state index contributed by atoms with van der Waals surface area (Å²) in [7, 11) is 1.45. The molecule has 0 saturated carbocycles. The molecule has 0 aliphatic rings. The maximum atomic E-state index is 12.6. The van der Waals surface area contributed by atoms with Gasteiger partial charge in [0.05, 0.1) is 18.2 Å². The van der Waals surface area contributed by atoms with Gasteiger partial charge in [-0.2, -0.15) is 13.2 Å². The van der Waals surface area contributed by atoms with Crippen molar-refractivity contribution in [2.24, 2.45) is 0 Å². The smallest absolute Gasteiger partial charge is 0.416 e. The first-order valence-corrected chi connectivity index (χ1v) is 6.34. The fourth-order valence-corrected chi connectivity index (χ4v) is 1.78. The van der Waals surface area contributed by atoms with E-state index >= 15 is 0 Å². The predicted octanol–water partition coefficient (Wildman–Crippen LogP) is 3.04. The Morgan fingerprint density at radius 1 is 1.27 bits per heavy atom. The van der Waals surface area contributed by atoms with Gasteiger partial charge in [-0.15, -0.1) is 0 Å². The first-order valence-electron chi connectivity index (χ1n) is 6.34. The largest absolute Gasteiger partial charge is 0.481 e. The molecular formula is C15H13F3N2O2. The lowest BCUT2D eigenvalue weighted by Crippen LogP contribution is -2.23. The molecule has 0 spiro atoms. The summed E-state index contributed by atoms with van der Waals surface area (Å²) in [5.74, 6) is -0.0537. The van der Waals surface area contributed by atoms with Crippen LogP contribution in [0.1, 0.15) is 21.5 Å². The molecule has 0 atom stereocenters. The van der Waals surface area contributed by atoms with Crippen LogP contribution < -0.4 is 10.1 Å². The molecule has 1 heterocycles. The van der Waals surface area contributed by atoms with Crippen molar-refractivity contribution in [2.45, 2.75) is 12.7 Å². The second-order valence-corrected chi connectivity index (χ2v) is 4.47.